The number of rotatable bonds is 2. The Kier molecular flexibility index (Phi) is 3.34. The van der Waals surface area contributed by atoms with Gasteiger partial charge < -0.3 is 9.88 Å². The molecule has 1 aliphatic heterocycles. The van der Waals surface area contributed by atoms with Gasteiger partial charge in [0.25, 0.3) is 5.56 Å². The van der Waals surface area contributed by atoms with E-state index in [2.05, 4.69) is 15.1 Å². The Labute approximate surface area is 141 Å². The lowest BCUT2D eigenvalue weighted by molar-refractivity contribution is -0.123. The van der Waals surface area contributed by atoms with Crippen molar-refractivity contribution < 1.29 is 9.59 Å². The highest BCUT2D eigenvalue weighted by atomic mass is 16.2. The van der Waals surface area contributed by atoms with Crippen LogP contribution in [0.4, 0.5) is 11.4 Å². The molecule has 9 heteroatoms. The molecule has 0 saturated heterocycles. The van der Waals surface area contributed by atoms with Crippen molar-refractivity contribution in [2.75, 3.05) is 23.4 Å². The molecule has 9 nitrogen and oxygen atoms in total. The minimum atomic E-state index is -0.316. The number of nitrogens with one attached hydrogen (secondary N) is 1. The van der Waals surface area contributed by atoms with Crippen molar-refractivity contribution in [1.82, 2.24) is 19.7 Å². The molecule has 0 saturated carbocycles. The second kappa shape index (κ2) is 5.55. The van der Waals surface area contributed by atoms with Gasteiger partial charge in [0.15, 0.2) is 5.65 Å². The Morgan fingerprint density at radius 1 is 1.24 bits per heavy atom. The molecular formula is C16H14N6O3. The molecule has 0 spiro atoms. The van der Waals surface area contributed by atoms with E-state index in [4.69, 9.17) is 0 Å². The van der Waals surface area contributed by atoms with E-state index >= 15 is 0 Å². The summed E-state index contributed by atoms with van der Waals surface area (Å²) in [7, 11) is 1.68. The summed E-state index contributed by atoms with van der Waals surface area (Å²) in [6, 6.07) is 7.21. The molecular weight excluding hydrogens is 324 g/mol. The van der Waals surface area contributed by atoms with Gasteiger partial charge in [-0.1, -0.05) is 12.1 Å². The van der Waals surface area contributed by atoms with Gasteiger partial charge in [0.2, 0.25) is 11.8 Å². The Morgan fingerprint density at radius 2 is 2.00 bits per heavy atom. The first-order valence-corrected chi connectivity index (χ1v) is 7.61. The molecule has 0 radical (unpaired) electrons. The lowest BCUT2D eigenvalue weighted by atomic mass is 10.1. The highest BCUT2D eigenvalue weighted by Crippen LogP contribution is 2.32. The predicted octanol–water partition coefficient (Wildman–Crippen LogP) is 0.129. The molecule has 4 rings (SSSR count). The average molecular weight is 338 g/mol. The number of fused-ring (bicyclic) bond motifs is 2. The van der Waals surface area contributed by atoms with Crippen molar-refractivity contribution in [1.29, 1.82) is 0 Å². The third-order valence-electron chi connectivity index (χ3n) is 4.23. The van der Waals surface area contributed by atoms with Crippen LogP contribution in [0.1, 0.15) is 0 Å². The van der Waals surface area contributed by atoms with Crippen molar-refractivity contribution in [3.8, 4) is 0 Å². The number of amides is 2. The average Bonchev–Trinajstić information content (AvgIpc) is 3.02. The van der Waals surface area contributed by atoms with Crippen LogP contribution in [0.25, 0.3) is 11.0 Å². The number of benzene rings is 1. The molecule has 1 N–H and O–H groups in total. The standard InChI is InChI=1S/C16H14N6O3/c1-20-11-4-2-3-5-12(11)21(7-13(20)23)14(24)8-22-15-10(6-19-22)16(25)18-9-17-15/h2-6,9H,7-8H2,1H3,(H,17,18,25). The maximum absolute atomic E-state index is 12.8. The Morgan fingerprint density at radius 3 is 2.80 bits per heavy atom. The first-order valence-electron chi connectivity index (χ1n) is 7.61. The van der Waals surface area contributed by atoms with Crippen LogP contribution in [0.5, 0.6) is 0 Å². The van der Waals surface area contributed by atoms with E-state index in [0.29, 0.717) is 22.4 Å². The minimum absolute atomic E-state index is 0.0421. The number of nitrogens with zero attached hydrogens (tertiary/aromatic N) is 5. The zero-order valence-electron chi connectivity index (χ0n) is 13.3. The molecule has 126 valence electrons. The van der Waals surface area contributed by atoms with Crippen LogP contribution in [-0.4, -0.2) is 45.2 Å². The van der Waals surface area contributed by atoms with E-state index in [1.54, 1.807) is 19.2 Å². The van der Waals surface area contributed by atoms with E-state index in [-0.39, 0.29) is 30.5 Å². The Hall–Kier alpha value is -3.49. The zero-order chi connectivity index (χ0) is 17.6. The second-order valence-corrected chi connectivity index (χ2v) is 5.69. The first-order chi connectivity index (χ1) is 12.1. The maximum atomic E-state index is 12.8. The summed E-state index contributed by atoms with van der Waals surface area (Å²) in [4.78, 5) is 46.2. The molecule has 0 unspecified atom stereocenters. The van der Waals surface area contributed by atoms with Gasteiger partial charge in [-0.15, -0.1) is 0 Å². The van der Waals surface area contributed by atoms with Gasteiger partial charge in [-0.05, 0) is 12.1 Å². The molecule has 2 aromatic heterocycles. The Balaban J connectivity index is 1.69. The SMILES string of the molecule is CN1C(=O)CN(C(=O)Cn2ncc3c(=O)[nH]cnc32)c2ccccc21. The summed E-state index contributed by atoms with van der Waals surface area (Å²) in [5.41, 5.74) is 1.35. The van der Waals surface area contributed by atoms with Crippen molar-refractivity contribution in [2.45, 2.75) is 6.54 Å². The number of H-pyrrole nitrogens is 1. The third-order valence-corrected chi connectivity index (χ3v) is 4.23. The molecule has 25 heavy (non-hydrogen) atoms. The normalized spacial score (nSPS) is 14.0. The number of carbonyl (C=O) groups excluding carboxylic acids is 2. The molecule has 1 aliphatic rings. The van der Waals surface area contributed by atoms with Crippen molar-refractivity contribution >= 4 is 34.2 Å². The minimum Gasteiger partial charge on any atom is -0.312 e. The maximum Gasteiger partial charge on any atom is 0.261 e. The molecule has 0 aliphatic carbocycles. The number of aromatic nitrogens is 4. The molecule has 0 bridgehead atoms. The monoisotopic (exact) mass is 338 g/mol. The lowest BCUT2D eigenvalue weighted by Crippen LogP contribution is -2.47. The van der Waals surface area contributed by atoms with Crippen LogP contribution < -0.4 is 15.4 Å². The second-order valence-electron chi connectivity index (χ2n) is 5.69. The molecule has 0 atom stereocenters. The fourth-order valence-corrected chi connectivity index (χ4v) is 2.89. The summed E-state index contributed by atoms with van der Waals surface area (Å²) in [6.45, 7) is -0.162. The third kappa shape index (κ3) is 2.36. The van der Waals surface area contributed by atoms with Gasteiger partial charge >= 0.3 is 0 Å². The number of hydrogen-bond donors (Lipinski definition) is 1. The number of hydrogen-bond acceptors (Lipinski definition) is 5. The quantitative estimate of drug-likeness (QED) is 0.715. The largest absolute Gasteiger partial charge is 0.312 e. The van der Waals surface area contributed by atoms with Gasteiger partial charge in [0.1, 0.15) is 18.5 Å². The summed E-state index contributed by atoms with van der Waals surface area (Å²) >= 11 is 0. The van der Waals surface area contributed by atoms with Crippen LogP contribution in [-0.2, 0) is 16.1 Å². The summed E-state index contributed by atoms with van der Waals surface area (Å²) < 4.78 is 1.36. The number of likely N-dealkylation sites (N-methyl/N-ethyl adjacent to an activating group) is 1. The van der Waals surface area contributed by atoms with Gasteiger partial charge in [-0.25, -0.2) is 9.67 Å². The van der Waals surface area contributed by atoms with Gasteiger partial charge in [-0.2, -0.15) is 5.10 Å². The van der Waals surface area contributed by atoms with E-state index in [0.717, 1.165) is 0 Å². The highest BCUT2D eigenvalue weighted by molar-refractivity contribution is 6.10. The number of para-hydroxylation sites is 2. The zero-order valence-corrected chi connectivity index (χ0v) is 13.3. The fourth-order valence-electron chi connectivity index (χ4n) is 2.89. The number of anilines is 2. The summed E-state index contributed by atoms with van der Waals surface area (Å²) in [5.74, 6) is -0.479. The van der Waals surface area contributed by atoms with Crippen molar-refractivity contribution in [2.24, 2.45) is 0 Å². The highest BCUT2D eigenvalue weighted by Gasteiger charge is 2.30. The molecule has 3 heterocycles. The lowest BCUT2D eigenvalue weighted by Gasteiger charge is -2.34. The van der Waals surface area contributed by atoms with Gasteiger partial charge in [0, 0.05) is 7.05 Å². The van der Waals surface area contributed by atoms with Crippen LogP contribution >= 0.6 is 0 Å². The summed E-state index contributed by atoms with van der Waals surface area (Å²) in [6.07, 6.45) is 2.64. The number of aromatic amines is 1. The molecule has 3 aromatic rings. The Bertz CT molecular complexity index is 1050. The van der Waals surface area contributed by atoms with Gasteiger partial charge in [0.05, 0.1) is 23.9 Å². The van der Waals surface area contributed by atoms with E-state index in [9.17, 15) is 14.4 Å². The first kappa shape index (κ1) is 15.1. The molecule has 1 aromatic carbocycles. The smallest absolute Gasteiger partial charge is 0.261 e. The van der Waals surface area contributed by atoms with E-state index in [1.165, 1.54) is 27.0 Å². The van der Waals surface area contributed by atoms with Crippen LogP contribution in [0.15, 0.2) is 41.6 Å². The fraction of sp³-hybridized carbons (Fsp3) is 0.188. The molecule has 0 fully saturated rings. The number of carbonyl (C=O) groups is 2. The van der Waals surface area contributed by atoms with E-state index in [1.807, 2.05) is 12.1 Å². The topological polar surface area (TPSA) is 104 Å². The van der Waals surface area contributed by atoms with Gasteiger partial charge in [-0.3, -0.25) is 19.3 Å². The van der Waals surface area contributed by atoms with Crippen molar-refractivity contribution in [3.63, 3.8) is 0 Å². The molecule has 2 amide bonds. The van der Waals surface area contributed by atoms with Crippen LogP contribution in [0, 0.1) is 0 Å². The van der Waals surface area contributed by atoms with Crippen LogP contribution in [0.2, 0.25) is 0 Å². The van der Waals surface area contributed by atoms with E-state index < -0.39 is 0 Å². The van der Waals surface area contributed by atoms with Crippen LogP contribution in [0.3, 0.4) is 0 Å². The predicted molar refractivity (Wildman–Crippen MR) is 90.4 cm³/mol. The summed E-state index contributed by atoms with van der Waals surface area (Å²) in [5, 5.41) is 4.38. The van der Waals surface area contributed by atoms with Crippen molar-refractivity contribution in [3.05, 3.63) is 47.1 Å².